The SMILES string of the molecule is Cc1cc2[nH]c(=O)c3cnn(C4CCOCC4)c3c2cc1C(=O)N1CCN(Cc2cncn2C)[C@@H](C)C1. The molecule has 2 saturated heterocycles. The van der Waals surface area contributed by atoms with E-state index in [1.807, 2.05) is 52.8 Å². The van der Waals surface area contributed by atoms with Crippen molar-refractivity contribution in [1.29, 1.82) is 0 Å². The number of aryl methyl sites for hydroxylation is 2. The number of carbonyl (C=O) groups is 1. The van der Waals surface area contributed by atoms with Gasteiger partial charge in [-0.2, -0.15) is 5.10 Å². The molecule has 10 heteroatoms. The average molecular weight is 504 g/mol. The second kappa shape index (κ2) is 9.42. The Kier molecular flexibility index (Phi) is 6.08. The molecule has 6 rings (SSSR count). The van der Waals surface area contributed by atoms with Crippen molar-refractivity contribution < 1.29 is 9.53 Å². The van der Waals surface area contributed by atoms with Crippen LogP contribution < -0.4 is 5.56 Å². The maximum absolute atomic E-state index is 13.8. The molecule has 10 nitrogen and oxygen atoms in total. The maximum atomic E-state index is 13.8. The lowest BCUT2D eigenvalue weighted by Gasteiger charge is -2.40. The fourth-order valence-electron chi connectivity index (χ4n) is 5.76. The normalized spacial score (nSPS) is 19.8. The number of hydrogen-bond acceptors (Lipinski definition) is 6. The molecule has 1 amide bonds. The van der Waals surface area contributed by atoms with E-state index >= 15 is 0 Å². The van der Waals surface area contributed by atoms with E-state index in [-0.39, 0.29) is 23.6 Å². The number of H-pyrrole nitrogens is 1. The third-order valence-electron chi connectivity index (χ3n) is 8.01. The first-order valence-electron chi connectivity index (χ1n) is 13.0. The third kappa shape index (κ3) is 4.23. The number of aromatic amines is 1. The number of aromatic nitrogens is 5. The quantitative estimate of drug-likeness (QED) is 0.460. The van der Waals surface area contributed by atoms with Crippen LogP contribution in [0.1, 0.15) is 47.4 Å². The minimum atomic E-state index is -0.155. The van der Waals surface area contributed by atoms with E-state index < -0.39 is 0 Å². The zero-order valence-corrected chi connectivity index (χ0v) is 21.6. The van der Waals surface area contributed by atoms with Crippen molar-refractivity contribution in [1.82, 2.24) is 34.1 Å². The summed E-state index contributed by atoms with van der Waals surface area (Å²) < 4.78 is 9.55. The van der Waals surface area contributed by atoms with Gasteiger partial charge in [0, 0.05) is 69.6 Å². The van der Waals surface area contributed by atoms with Crippen LogP contribution in [0.5, 0.6) is 0 Å². The molecular weight excluding hydrogens is 470 g/mol. The van der Waals surface area contributed by atoms with Crippen LogP contribution in [0.3, 0.4) is 0 Å². The summed E-state index contributed by atoms with van der Waals surface area (Å²) in [5.74, 6) is 0.0305. The van der Waals surface area contributed by atoms with Gasteiger partial charge in [-0.05, 0) is 44.4 Å². The summed E-state index contributed by atoms with van der Waals surface area (Å²) in [4.78, 5) is 38.2. The monoisotopic (exact) mass is 503 g/mol. The Morgan fingerprint density at radius 1 is 1.16 bits per heavy atom. The number of ether oxygens (including phenoxy) is 1. The largest absolute Gasteiger partial charge is 0.381 e. The predicted molar refractivity (Wildman–Crippen MR) is 141 cm³/mol. The lowest BCUT2D eigenvalue weighted by Crippen LogP contribution is -2.53. The Labute approximate surface area is 214 Å². The van der Waals surface area contributed by atoms with Crippen molar-refractivity contribution in [3.63, 3.8) is 0 Å². The maximum Gasteiger partial charge on any atom is 0.259 e. The van der Waals surface area contributed by atoms with Gasteiger partial charge in [0.1, 0.15) is 0 Å². The first kappa shape index (κ1) is 23.9. The summed E-state index contributed by atoms with van der Waals surface area (Å²) in [7, 11) is 2.01. The molecular formula is C27H33N7O3. The second-order valence-electron chi connectivity index (χ2n) is 10.4. The van der Waals surface area contributed by atoms with E-state index in [1.54, 1.807) is 6.20 Å². The van der Waals surface area contributed by atoms with Gasteiger partial charge in [-0.1, -0.05) is 0 Å². The Morgan fingerprint density at radius 2 is 1.97 bits per heavy atom. The first-order chi connectivity index (χ1) is 17.9. The van der Waals surface area contributed by atoms with Crippen molar-refractivity contribution in [3.05, 3.63) is 58.0 Å². The van der Waals surface area contributed by atoms with Gasteiger partial charge in [-0.3, -0.25) is 19.2 Å². The molecule has 1 atom stereocenters. The Bertz CT molecular complexity index is 1530. The number of carbonyl (C=O) groups excluding carboxylic acids is 1. The molecule has 0 unspecified atom stereocenters. The van der Waals surface area contributed by atoms with E-state index in [2.05, 4.69) is 26.9 Å². The molecule has 37 heavy (non-hydrogen) atoms. The number of rotatable bonds is 4. The lowest BCUT2D eigenvalue weighted by molar-refractivity contribution is 0.0489. The Morgan fingerprint density at radius 3 is 2.70 bits per heavy atom. The molecule has 2 aliphatic rings. The number of amides is 1. The highest BCUT2D eigenvalue weighted by atomic mass is 16.5. The van der Waals surface area contributed by atoms with Crippen molar-refractivity contribution in [3.8, 4) is 0 Å². The van der Waals surface area contributed by atoms with E-state index in [0.29, 0.717) is 37.3 Å². The molecule has 2 fully saturated rings. The second-order valence-corrected chi connectivity index (χ2v) is 10.4. The van der Waals surface area contributed by atoms with Crippen molar-refractivity contribution in [2.75, 3.05) is 32.8 Å². The third-order valence-corrected chi connectivity index (χ3v) is 8.01. The molecule has 0 spiro atoms. The number of nitrogens with one attached hydrogen (secondary N) is 1. The summed E-state index contributed by atoms with van der Waals surface area (Å²) in [6, 6.07) is 4.28. The van der Waals surface area contributed by atoms with E-state index in [0.717, 1.165) is 53.6 Å². The number of benzene rings is 1. The molecule has 0 aliphatic carbocycles. The van der Waals surface area contributed by atoms with Crippen LogP contribution >= 0.6 is 0 Å². The van der Waals surface area contributed by atoms with Gasteiger partial charge in [-0.15, -0.1) is 0 Å². The fraction of sp³-hybridized carbons (Fsp3) is 0.481. The number of nitrogens with zero attached hydrogens (tertiary/aromatic N) is 6. The highest BCUT2D eigenvalue weighted by Crippen LogP contribution is 2.30. The highest BCUT2D eigenvalue weighted by Gasteiger charge is 2.29. The van der Waals surface area contributed by atoms with Crippen molar-refractivity contribution >= 4 is 27.7 Å². The van der Waals surface area contributed by atoms with Gasteiger partial charge in [0.2, 0.25) is 0 Å². The van der Waals surface area contributed by atoms with Crippen LogP contribution in [0.15, 0.2) is 35.6 Å². The van der Waals surface area contributed by atoms with Crippen LogP contribution in [0.2, 0.25) is 0 Å². The average Bonchev–Trinajstić information content (AvgIpc) is 3.52. The van der Waals surface area contributed by atoms with Gasteiger partial charge < -0.3 is 19.2 Å². The summed E-state index contributed by atoms with van der Waals surface area (Å²) >= 11 is 0. The lowest BCUT2D eigenvalue weighted by atomic mass is 10.0. The van der Waals surface area contributed by atoms with E-state index in [1.165, 1.54) is 0 Å². The number of pyridine rings is 1. The summed E-state index contributed by atoms with van der Waals surface area (Å²) in [6.07, 6.45) is 7.07. The minimum Gasteiger partial charge on any atom is -0.381 e. The number of hydrogen-bond donors (Lipinski definition) is 1. The summed E-state index contributed by atoms with van der Waals surface area (Å²) in [5.41, 5.74) is 4.07. The van der Waals surface area contributed by atoms with Crippen molar-refractivity contribution in [2.45, 2.75) is 45.3 Å². The molecule has 5 heterocycles. The van der Waals surface area contributed by atoms with Crippen LogP contribution in [0.4, 0.5) is 0 Å². The van der Waals surface area contributed by atoms with Gasteiger partial charge in [-0.25, -0.2) is 4.98 Å². The van der Waals surface area contributed by atoms with Gasteiger partial charge >= 0.3 is 0 Å². The van der Waals surface area contributed by atoms with Gasteiger partial charge in [0.05, 0.1) is 40.7 Å². The molecule has 1 N–H and O–H groups in total. The molecule has 0 radical (unpaired) electrons. The summed E-state index contributed by atoms with van der Waals surface area (Å²) in [5, 5.41) is 6.02. The Balaban J connectivity index is 1.32. The van der Waals surface area contributed by atoms with Gasteiger partial charge in [0.25, 0.3) is 11.5 Å². The summed E-state index contributed by atoms with van der Waals surface area (Å²) in [6.45, 7) is 8.42. The van der Waals surface area contributed by atoms with Crippen LogP contribution in [-0.4, -0.2) is 78.9 Å². The van der Waals surface area contributed by atoms with Crippen molar-refractivity contribution in [2.24, 2.45) is 7.05 Å². The molecule has 0 saturated carbocycles. The van der Waals surface area contributed by atoms with Crippen LogP contribution in [0.25, 0.3) is 21.8 Å². The number of imidazole rings is 1. The van der Waals surface area contributed by atoms with Crippen LogP contribution in [0, 0.1) is 6.92 Å². The Hall–Kier alpha value is -3.50. The van der Waals surface area contributed by atoms with Crippen LogP contribution in [-0.2, 0) is 18.3 Å². The number of piperazine rings is 1. The topological polar surface area (TPSA) is 101 Å². The fourth-order valence-corrected chi connectivity index (χ4v) is 5.76. The van der Waals surface area contributed by atoms with E-state index in [4.69, 9.17) is 4.74 Å². The first-order valence-corrected chi connectivity index (χ1v) is 13.0. The molecule has 0 bridgehead atoms. The zero-order valence-electron chi connectivity index (χ0n) is 21.6. The number of fused-ring (bicyclic) bond motifs is 3. The molecule has 2 aliphatic heterocycles. The smallest absolute Gasteiger partial charge is 0.259 e. The van der Waals surface area contributed by atoms with E-state index in [9.17, 15) is 9.59 Å². The predicted octanol–water partition coefficient (Wildman–Crippen LogP) is 2.62. The molecule has 194 valence electrons. The molecule has 1 aromatic carbocycles. The highest BCUT2D eigenvalue weighted by molar-refractivity contribution is 6.07. The van der Waals surface area contributed by atoms with Gasteiger partial charge in [0.15, 0.2) is 0 Å². The zero-order chi connectivity index (χ0) is 25.7. The molecule has 4 aromatic rings. The minimum absolute atomic E-state index is 0.0305. The standard InChI is InChI=1S/C27H33N7O3/c1-17-10-24-22(25-23(26(35)30-24)13-29-34(25)19-4-8-37-9-5-19)11-21(17)27(36)33-7-6-32(18(2)14-33)15-20-12-28-16-31(20)3/h10-13,16,18-19H,4-9,14-15H2,1-3H3,(H,30,35)/t18-/m0/s1. The molecule has 3 aromatic heterocycles.